The van der Waals surface area contributed by atoms with E-state index < -0.39 is 0 Å². The fourth-order valence-electron chi connectivity index (χ4n) is 2.59. The van der Waals surface area contributed by atoms with E-state index in [0.29, 0.717) is 5.75 Å². The number of anilines is 1. The Morgan fingerprint density at radius 3 is 2.38 bits per heavy atom. The number of carbonyl (C=O) groups excluding carboxylic acids is 1. The van der Waals surface area contributed by atoms with E-state index >= 15 is 0 Å². The van der Waals surface area contributed by atoms with Crippen molar-refractivity contribution in [2.75, 3.05) is 11.9 Å². The normalized spacial score (nSPS) is 10.4. The molecule has 0 aromatic heterocycles. The first-order valence-corrected chi connectivity index (χ1v) is 9.17. The molecule has 3 aromatic carbocycles. The summed E-state index contributed by atoms with van der Waals surface area (Å²) in [6, 6.07) is 21.8. The molecular weight excluding hydrogens is 390 g/mol. The average Bonchev–Trinajstić information content (AvgIpc) is 2.64. The molecule has 0 aliphatic rings. The van der Waals surface area contributed by atoms with E-state index in [2.05, 4.69) is 33.4 Å². The summed E-state index contributed by atoms with van der Waals surface area (Å²) in [6.07, 6.45) is 0. The summed E-state index contributed by atoms with van der Waals surface area (Å²) >= 11 is 3.52. The Labute approximate surface area is 162 Å². The third-order valence-electron chi connectivity index (χ3n) is 4.19. The van der Waals surface area contributed by atoms with E-state index in [1.807, 2.05) is 68.4 Å². The van der Waals surface area contributed by atoms with Crippen molar-refractivity contribution in [3.05, 3.63) is 82.3 Å². The summed E-state index contributed by atoms with van der Waals surface area (Å²) in [4.78, 5) is 12.1. The number of carbonyl (C=O) groups is 1. The van der Waals surface area contributed by atoms with E-state index in [-0.39, 0.29) is 12.5 Å². The number of nitrogens with one attached hydrogen (secondary N) is 1. The van der Waals surface area contributed by atoms with Gasteiger partial charge in [-0.05, 0) is 76.3 Å². The van der Waals surface area contributed by atoms with Crippen LogP contribution >= 0.6 is 15.9 Å². The van der Waals surface area contributed by atoms with Gasteiger partial charge in [-0.1, -0.05) is 42.5 Å². The summed E-state index contributed by atoms with van der Waals surface area (Å²) in [6.45, 7) is 4.02. The van der Waals surface area contributed by atoms with Crippen molar-refractivity contribution in [2.24, 2.45) is 0 Å². The Kier molecular flexibility index (Phi) is 5.74. The molecule has 3 aromatic rings. The first kappa shape index (κ1) is 18.2. The standard InChI is InChI=1S/C22H20BrNO2/c1-15-8-10-19(12-16(15)2)24-22(25)14-26-21-11-9-18(13-20(21)23)17-6-4-3-5-7-17/h3-13H,14H2,1-2H3,(H,24,25). The zero-order valence-electron chi connectivity index (χ0n) is 14.8. The molecule has 0 bridgehead atoms. The van der Waals surface area contributed by atoms with E-state index in [4.69, 9.17) is 4.74 Å². The maximum Gasteiger partial charge on any atom is 0.262 e. The number of hydrogen-bond donors (Lipinski definition) is 1. The predicted molar refractivity (Wildman–Crippen MR) is 110 cm³/mol. The van der Waals surface area contributed by atoms with Gasteiger partial charge in [0.2, 0.25) is 0 Å². The molecule has 26 heavy (non-hydrogen) atoms. The highest BCUT2D eigenvalue weighted by Gasteiger charge is 2.08. The van der Waals surface area contributed by atoms with Gasteiger partial charge in [-0.3, -0.25) is 4.79 Å². The predicted octanol–water partition coefficient (Wildman–Crippen LogP) is 5.75. The highest BCUT2D eigenvalue weighted by atomic mass is 79.9. The lowest BCUT2D eigenvalue weighted by molar-refractivity contribution is -0.118. The van der Waals surface area contributed by atoms with Crippen molar-refractivity contribution in [1.82, 2.24) is 0 Å². The molecule has 1 N–H and O–H groups in total. The minimum absolute atomic E-state index is 0.0454. The molecule has 0 saturated carbocycles. The van der Waals surface area contributed by atoms with E-state index in [1.54, 1.807) is 0 Å². The first-order valence-electron chi connectivity index (χ1n) is 8.38. The van der Waals surface area contributed by atoms with E-state index in [1.165, 1.54) is 5.56 Å². The molecule has 3 nitrogen and oxygen atoms in total. The van der Waals surface area contributed by atoms with Crippen LogP contribution in [0.5, 0.6) is 5.75 Å². The second-order valence-electron chi connectivity index (χ2n) is 6.15. The van der Waals surface area contributed by atoms with Gasteiger partial charge < -0.3 is 10.1 Å². The zero-order chi connectivity index (χ0) is 18.5. The molecule has 0 unspecified atom stereocenters. The lowest BCUT2D eigenvalue weighted by atomic mass is 10.1. The van der Waals surface area contributed by atoms with Crippen LogP contribution < -0.4 is 10.1 Å². The van der Waals surface area contributed by atoms with Crippen molar-refractivity contribution < 1.29 is 9.53 Å². The van der Waals surface area contributed by atoms with Crippen LogP contribution in [0.2, 0.25) is 0 Å². The summed E-state index contributed by atoms with van der Waals surface area (Å²) < 4.78 is 6.47. The summed E-state index contributed by atoms with van der Waals surface area (Å²) in [5, 5.41) is 2.86. The minimum atomic E-state index is -0.188. The van der Waals surface area contributed by atoms with Crippen LogP contribution in [0.4, 0.5) is 5.69 Å². The fourth-order valence-corrected chi connectivity index (χ4v) is 3.08. The van der Waals surface area contributed by atoms with Gasteiger partial charge in [-0.2, -0.15) is 0 Å². The molecule has 0 saturated heterocycles. The van der Waals surface area contributed by atoms with Gasteiger partial charge in [-0.15, -0.1) is 0 Å². The molecule has 3 rings (SSSR count). The zero-order valence-corrected chi connectivity index (χ0v) is 16.3. The van der Waals surface area contributed by atoms with Crippen molar-refractivity contribution in [1.29, 1.82) is 0 Å². The largest absolute Gasteiger partial charge is 0.483 e. The lowest BCUT2D eigenvalue weighted by Crippen LogP contribution is -2.20. The van der Waals surface area contributed by atoms with Gasteiger partial charge in [0.25, 0.3) is 5.91 Å². The smallest absolute Gasteiger partial charge is 0.262 e. The minimum Gasteiger partial charge on any atom is -0.483 e. The number of benzene rings is 3. The SMILES string of the molecule is Cc1ccc(NC(=O)COc2ccc(-c3ccccc3)cc2Br)cc1C. The van der Waals surface area contributed by atoms with Gasteiger partial charge in [-0.25, -0.2) is 0 Å². The lowest BCUT2D eigenvalue weighted by Gasteiger charge is -2.11. The van der Waals surface area contributed by atoms with Crippen molar-refractivity contribution in [2.45, 2.75) is 13.8 Å². The third-order valence-corrected chi connectivity index (χ3v) is 4.81. The Bertz CT molecular complexity index is 923. The van der Waals surface area contributed by atoms with Gasteiger partial charge in [0.15, 0.2) is 6.61 Å². The molecule has 0 fully saturated rings. The van der Waals surface area contributed by atoms with Crippen LogP contribution in [-0.2, 0) is 4.79 Å². The van der Waals surface area contributed by atoms with Gasteiger partial charge >= 0.3 is 0 Å². The maximum absolute atomic E-state index is 12.1. The third kappa shape index (κ3) is 4.52. The molecule has 0 spiro atoms. The van der Waals surface area contributed by atoms with E-state index in [9.17, 15) is 4.79 Å². The quantitative estimate of drug-likeness (QED) is 0.582. The van der Waals surface area contributed by atoms with E-state index in [0.717, 1.165) is 26.9 Å². The number of ether oxygens (including phenoxy) is 1. The molecule has 1 amide bonds. The number of amides is 1. The maximum atomic E-state index is 12.1. The van der Waals surface area contributed by atoms with Crippen LogP contribution in [0.1, 0.15) is 11.1 Å². The summed E-state index contributed by atoms with van der Waals surface area (Å²) in [5.41, 5.74) is 5.33. The van der Waals surface area contributed by atoms with Crippen molar-refractivity contribution >= 4 is 27.5 Å². The molecule has 0 aliphatic carbocycles. The first-order chi connectivity index (χ1) is 12.5. The highest BCUT2D eigenvalue weighted by Crippen LogP contribution is 2.30. The highest BCUT2D eigenvalue weighted by molar-refractivity contribution is 9.10. The van der Waals surface area contributed by atoms with Crippen molar-refractivity contribution in [3.63, 3.8) is 0 Å². The molecule has 0 aliphatic heterocycles. The van der Waals surface area contributed by atoms with Gasteiger partial charge in [0.1, 0.15) is 5.75 Å². The Hall–Kier alpha value is -2.59. The second kappa shape index (κ2) is 8.19. The Morgan fingerprint density at radius 2 is 1.69 bits per heavy atom. The van der Waals surface area contributed by atoms with Crippen LogP contribution in [0.3, 0.4) is 0 Å². The Balaban J connectivity index is 1.62. The summed E-state index contributed by atoms with van der Waals surface area (Å²) in [7, 11) is 0. The molecule has 132 valence electrons. The Morgan fingerprint density at radius 1 is 0.923 bits per heavy atom. The number of hydrogen-bond acceptors (Lipinski definition) is 2. The fraction of sp³-hybridized carbons (Fsp3) is 0.136. The topological polar surface area (TPSA) is 38.3 Å². The van der Waals surface area contributed by atoms with Crippen LogP contribution in [0.25, 0.3) is 11.1 Å². The molecule has 0 atom stereocenters. The number of rotatable bonds is 5. The van der Waals surface area contributed by atoms with Crippen molar-refractivity contribution in [3.8, 4) is 16.9 Å². The van der Waals surface area contributed by atoms with Crippen LogP contribution in [0, 0.1) is 13.8 Å². The molecule has 4 heteroatoms. The average molecular weight is 410 g/mol. The van der Waals surface area contributed by atoms with Crippen LogP contribution in [0.15, 0.2) is 71.2 Å². The van der Waals surface area contributed by atoms with Crippen LogP contribution in [-0.4, -0.2) is 12.5 Å². The van der Waals surface area contributed by atoms with Gasteiger partial charge in [0.05, 0.1) is 4.47 Å². The number of halogens is 1. The second-order valence-corrected chi connectivity index (χ2v) is 7.00. The summed E-state index contributed by atoms with van der Waals surface area (Å²) in [5.74, 6) is 0.451. The molecule has 0 heterocycles. The monoisotopic (exact) mass is 409 g/mol. The molecule has 0 radical (unpaired) electrons. The number of aryl methyl sites for hydroxylation is 2. The molecular formula is C22H20BrNO2. The van der Waals surface area contributed by atoms with Gasteiger partial charge in [0, 0.05) is 5.69 Å².